The van der Waals surface area contributed by atoms with E-state index in [9.17, 15) is 0 Å². The Morgan fingerprint density at radius 3 is 3.00 bits per heavy atom. The quantitative estimate of drug-likeness (QED) is 0.450. The molecule has 0 radical (unpaired) electrons. The molecule has 11 heavy (non-hydrogen) atoms. The van der Waals surface area contributed by atoms with E-state index in [1.54, 1.807) is 6.08 Å². The van der Waals surface area contributed by atoms with Gasteiger partial charge in [-0.2, -0.15) is 0 Å². The minimum atomic E-state index is 0.573. The van der Waals surface area contributed by atoms with Gasteiger partial charge in [0.05, 0.1) is 0 Å². The molecule has 0 fully saturated rings. The fourth-order valence-electron chi connectivity index (χ4n) is 0.860. The van der Waals surface area contributed by atoms with Crippen molar-refractivity contribution in [1.82, 2.24) is 0 Å². The fourth-order valence-corrected chi connectivity index (χ4v) is 0.860. The third kappa shape index (κ3) is 2.84. The van der Waals surface area contributed by atoms with Crippen LogP contribution in [-0.2, 0) is 0 Å². The fraction of sp³-hybridized carbons (Fsp3) is 0.111. The van der Waals surface area contributed by atoms with Gasteiger partial charge in [0, 0.05) is 0 Å². The molecule has 0 aliphatic carbocycles. The van der Waals surface area contributed by atoms with Gasteiger partial charge in [-0.15, -0.1) is 0 Å². The second kappa shape index (κ2) is 4.28. The predicted octanol–water partition coefficient (Wildman–Crippen LogP) is 1.05. The third-order valence-electron chi connectivity index (χ3n) is 1.36. The molecular formula is C9H9LiO. The standard InChI is InChI=1S/C9H9O.Li/c1-2-8-10-9-6-4-3-5-7-9;/h2-4,6-7H,1,8H2;. The second-order valence-corrected chi connectivity index (χ2v) is 2.42. The normalized spacial score (nSPS) is 9.27. The molecule has 2 heteroatoms. The van der Waals surface area contributed by atoms with Crippen LogP contribution in [0.1, 0.15) is 0 Å². The van der Waals surface area contributed by atoms with Crippen molar-refractivity contribution in [3.63, 3.8) is 0 Å². The van der Waals surface area contributed by atoms with Crippen molar-refractivity contribution in [2.75, 3.05) is 6.61 Å². The molecule has 0 aliphatic heterocycles. The zero-order chi connectivity index (χ0) is 8.10. The van der Waals surface area contributed by atoms with E-state index >= 15 is 0 Å². The van der Waals surface area contributed by atoms with Crippen molar-refractivity contribution in [3.8, 4) is 5.75 Å². The van der Waals surface area contributed by atoms with Gasteiger partial charge in [0.25, 0.3) is 0 Å². The third-order valence-corrected chi connectivity index (χ3v) is 1.36. The second-order valence-electron chi connectivity index (χ2n) is 2.42. The molecule has 0 N–H and O–H groups in total. The van der Waals surface area contributed by atoms with E-state index in [1.165, 1.54) is 4.24 Å². The molecule has 0 saturated heterocycles. The van der Waals surface area contributed by atoms with Crippen molar-refractivity contribution < 1.29 is 4.74 Å². The van der Waals surface area contributed by atoms with E-state index in [0.29, 0.717) is 6.61 Å². The molecule has 0 amide bonds. The van der Waals surface area contributed by atoms with Gasteiger partial charge in [0.15, 0.2) is 0 Å². The minimum absolute atomic E-state index is 0.573. The van der Waals surface area contributed by atoms with Crippen LogP contribution in [0.15, 0.2) is 36.9 Å². The van der Waals surface area contributed by atoms with E-state index in [0.717, 1.165) is 5.75 Å². The molecule has 1 aromatic carbocycles. The first-order chi connectivity index (χ1) is 5.33. The molecule has 0 saturated carbocycles. The summed E-state index contributed by atoms with van der Waals surface area (Å²) in [6.07, 6.45) is 1.74. The molecule has 0 heterocycles. The van der Waals surface area contributed by atoms with E-state index in [-0.39, 0.29) is 0 Å². The maximum absolute atomic E-state index is 5.32. The average molecular weight is 140 g/mol. The molecule has 52 valence electrons. The Labute approximate surface area is 76.3 Å². The maximum atomic E-state index is 5.32. The van der Waals surface area contributed by atoms with Crippen molar-refractivity contribution in [2.45, 2.75) is 0 Å². The predicted molar refractivity (Wildman–Crippen MR) is 47.5 cm³/mol. The Hall–Kier alpha value is -0.643. The summed E-state index contributed by atoms with van der Waals surface area (Å²) < 4.78 is 6.53. The summed E-state index contributed by atoms with van der Waals surface area (Å²) in [5.41, 5.74) is 0. The molecule has 1 nitrogen and oxygen atoms in total. The van der Waals surface area contributed by atoms with Crippen molar-refractivity contribution in [1.29, 1.82) is 0 Å². The zero-order valence-electron chi connectivity index (χ0n) is 6.71. The van der Waals surface area contributed by atoms with Crippen LogP contribution in [-0.4, -0.2) is 24.3 Å². The van der Waals surface area contributed by atoms with Crippen molar-refractivity contribution >= 4 is 22.0 Å². The number of hydrogen-bond acceptors (Lipinski definition) is 1. The van der Waals surface area contributed by atoms with Gasteiger partial charge in [-0.1, -0.05) is 0 Å². The topological polar surface area (TPSA) is 9.23 Å². The molecular weight excluding hydrogens is 131 g/mol. The van der Waals surface area contributed by atoms with Crippen molar-refractivity contribution in [3.05, 3.63) is 36.9 Å². The molecule has 0 aromatic heterocycles. The Bertz CT molecular complexity index is 245. The SMILES string of the molecule is [Li][c]1cccc(OCC=C)c1. The van der Waals surface area contributed by atoms with Crippen LogP contribution < -0.4 is 8.97 Å². The zero-order valence-corrected chi connectivity index (χ0v) is 6.71. The number of benzene rings is 1. The van der Waals surface area contributed by atoms with Crippen LogP contribution in [0.25, 0.3) is 0 Å². The first kappa shape index (κ1) is 8.45. The molecule has 0 atom stereocenters. The van der Waals surface area contributed by atoms with Crippen LogP contribution >= 0.6 is 0 Å². The van der Waals surface area contributed by atoms with Crippen LogP contribution in [0.3, 0.4) is 0 Å². The summed E-state index contributed by atoms with van der Waals surface area (Å²) in [4.78, 5) is 0. The summed E-state index contributed by atoms with van der Waals surface area (Å²) in [5.74, 6) is 0.907. The monoisotopic (exact) mass is 140 g/mol. The molecule has 0 spiro atoms. The van der Waals surface area contributed by atoms with Crippen LogP contribution in [0.2, 0.25) is 0 Å². The Kier molecular flexibility index (Phi) is 3.29. The molecule has 0 bridgehead atoms. The first-order valence-corrected chi connectivity index (χ1v) is 3.63. The van der Waals surface area contributed by atoms with Gasteiger partial charge in [-0.3, -0.25) is 0 Å². The summed E-state index contributed by atoms with van der Waals surface area (Å²) in [5, 5.41) is 0. The van der Waals surface area contributed by atoms with Crippen LogP contribution in [0.4, 0.5) is 0 Å². The van der Waals surface area contributed by atoms with Gasteiger partial charge in [-0.05, 0) is 0 Å². The molecule has 0 aliphatic rings. The van der Waals surface area contributed by atoms with E-state index < -0.39 is 0 Å². The Balaban J connectivity index is 2.63. The van der Waals surface area contributed by atoms with Gasteiger partial charge >= 0.3 is 76.0 Å². The van der Waals surface area contributed by atoms with E-state index in [4.69, 9.17) is 4.74 Å². The van der Waals surface area contributed by atoms with Gasteiger partial charge in [0.2, 0.25) is 0 Å². The number of hydrogen-bond donors (Lipinski definition) is 0. The molecule has 1 rings (SSSR count). The summed E-state index contributed by atoms with van der Waals surface area (Å²) in [6.45, 7) is 4.15. The number of rotatable bonds is 3. The average Bonchev–Trinajstić information content (AvgIpc) is 2.01. The van der Waals surface area contributed by atoms with Crippen LogP contribution in [0.5, 0.6) is 5.75 Å². The van der Waals surface area contributed by atoms with Gasteiger partial charge in [-0.25, -0.2) is 0 Å². The summed E-state index contributed by atoms with van der Waals surface area (Å²) in [7, 11) is 0. The van der Waals surface area contributed by atoms with Gasteiger partial charge in [0.1, 0.15) is 0 Å². The van der Waals surface area contributed by atoms with Crippen LogP contribution in [0, 0.1) is 0 Å². The summed E-state index contributed by atoms with van der Waals surface area (Å²) in [6, 6.07) is 7.97. The Morgan fingerprint density at radius 1 is 1.55 bits per heavy atom. The van der Waals surface area contributed by atoms with Crippen molar-refractivity contribution in [2.24, 2.45) is 0 Å². The van der Waals surface area contributed by atoms with E-state index in [1.807, 2.05) is 42.0 Å². The summed E-state index contributed by atoms with van der Waals surface area (Å²) >= 11 is 2.04. The molecule has 0 unspecified atom stereocenters. The first-order valence-electron chi connectivity index (χ1n) is 3.63. The van der Waals surface area contributed by atoms with Gasteiger partial charge < -0.3 is 0 Å². The molecule has 1 aromatic rings. The Morgan fingerprint density at radius 2 is 2.36 bits per heavy atom. The van der Waals surface area contributed by atoms with E-state index in [2.05, 4.69) is 6.58 Å². The number of ether oxygens (including phenoxy) is 1.